The number of carbonyl (C=O) groups excluding carboxylic acids is 2. The zero-order chi connectivity index (χ0) is 11.8. The molecule has 0 radical (unpaired) electrons. The number of nitrogens with one attached hydrogen (secondary N) is 2. The van der Waals surface area contributed by atoms with Crippen LogP contribution in [0.5, 0.6) is 0 Å². The van der Waals surface area contributed by atoms with Crippen molar-refractivity contribution in [1.29, 1.82) is 0 Å². The lowest BCUT2D eigenvalue weighted by Crippen LogP contribution is -2.27. The van der Waals surface area contributed by atoms with E-state index >= 15 is 0 Å². The Hall–Kier alpha value is -1.36. The molecule has 0 spiro atoms. The molecule has 1 heterocycles. The summed E-state index contributed by atoms with van der Waals surface area (Å²) in [5.74, 6) is -0.0376. The number of thiophene rings is 1. The Kier molecular flexibility index (Phi) is 5.56. The Morgan fingerprint density at radius 1 is 1.38 bits per heavy atom. The van der Waals surface area contributed by atoms with Gasteiger partial charge in [0.1, 0.15) is 0 Å². The van der Waals surface area contributed by atoms with Crippen molar-refractivity contribution in [2.45, 2.75) is 19.8 Å². The molecule has 0 aromatic carbocycles. The first-order valence-electron chi connectivity index (χ1n) is 5.31. The van der Waals surface area contributed by atoms with Crippen molar-refractivity contribution in [3.05, 3.63) is 22.4 Å². The molecule has 0 aliphatic rings. The van der Waals surface area contributed by atoms with Gasteiger partial charge in [-0.15, -0.1) is 0 Å². The third kappa shape index (κ3) is 4.44. The molecule has 1 aromatic heterocycles. The molecule has 1 aromatic rings. The van der Waals surface area contributed by atoms with Crippen LogP contribution in [0.4, 0.5) is 0 Å². The molecule has 0 aliphatic heterocycles. The summed E-state index contributed by atoms with van der Waals surface area (Å²) in [6, 6.07) is 1.78. The summed E-state index contributed by atoms with van der Waals surface area (Å²) in [7, 11) is 0. The molecule has 0 saturated heterocycles. The van der Waals surface area contributed by atoms with Gasteiger partial charge in [-0.05, 0) is 24.8 Å². The summed E-state index contributed by atoms with van der Waals surface area (Å²) >= 11 is 1.49. The van der Waals surface area contributed by atoms with E-state index in [1.807, 2.05) is 12.3 Å². The maximum Gasteiger partial charge on any atom is 0.252 e. The highest BCUT2D eigenvalue weighted by Crippen LogP contribution is 2.05. The average Bonchev–Trinajstić information content (AvgIpc) is 2.78. The van der Waals surface area contributed by atoms with E-state index in [9.17, 15) is 9.59 Å². The molecule has 0 aliphatic carbocycles. The number of hydrogen-bond donors (Lipinski definition) is 2. The molecule has 0 fully saturated rings. The van der Waals surface area contributed by atoms with E-state index in [0.717, 1.165) is 0 Å². The van der Waals surface area contributed by atoms with E-state index in [4.69, 9.17) is 0 Å². The molecule has 0 saturated carbocycles. The van der Waals surface area contributed by atoms with Crippen LogP contribution in [0.3, 0.4) is 0 Å². The van der Waals surface area contributed by atoms with Gasteiger partial charge >= 0.3 is 0 Å². The molecule has 0 atom stereocenters. The van der Waals surface area contributed by atoms with E-state index in [1.165, 1.54) is 11.3 Å². The molecule has 2 N–H and O–H groups in total. The fourth-order valence-corrected chi connectivity index (χ4v) is 1.87. The van der Waals surface area contributed by atoms with Crippen LogP contribution in [-0.2, 0) is 4.79 Å². The van der Waals surface area contributed by atoms with Crippen LogP contribution in [0.1, 0.15) is 30.1 Å². The Bertz CT molecular complexity index is 336. The lowest BCUT2D eigenvalue weighted by Gasteiger charge is -2.04. The summed E-state index contributed by atoms with van der Waals surface area (Å²) in [5, 5.41) is 9.15. The highest BCUT2D eigenvalue weighted by atomic mass is 32.1. The van der Waals surface area contributed by atoms with Crippen LogP contribution in [0.25, 0.3) is 0 Å². The average molecular weight is 240 g/mol. The standard InChI is InChI=1S/C11H16N2O2S/c1-2-12-10(14)4-3-6-13-11(15)9-5-7-16-8-9/h5,7-8H,2-4,6H2,1H3,(H,12,14)(H,13,15). The van der Waals surface area contributed by atoms with Gasteiger partial charge in [-0.2, -0.15) is 11.3 Å². The third-order valence-corrected chi connectivity index (χ3v) is 2.71. The summed E-state index contributed by atoms with van der Waals surface area (Å²) in [6.45, 7) is 3.07. The minimum atomic E-state index is -0.0721. The van der Waals surface area contributed by atoms with E-state index in [1.54, 1.807) is 11.4 Å². The van der Waals surface area contributed by atoms with Crippen LogP contribution in [0.2, 0.25) is 0 Å². The first kappa shape index (κ1) is 12.7. The zero-order valence-electron chi connectivity index (χ0n) is 9.29. The summed E-state index contributed by atoms with van der Waals surface area (Å²) in [6.07, 6.45) is 1.12. The van der Waals surface area contributed by atoms with E-state index in [-0.39, 0.29) is 11.8 Å². The molecule has 88 valence electrons. The van der Waals surface area contributed by atoms with Gasteiger partial charge in [-0.1, -0.05) is 0 Å². The molecule has 16 heavy (non-hydrogen) atoms. The van der Waals surface area contributed by atoms with Crippen LogP contribution >= 0.6 is 11.3 Å². The molecular weight excluding hydrogens is 224 g/mol. The van der Waals surface area contributed by atoms with E-state index in [0.29, 0.717) is 31.5 Å². The minimum absolute atomic E-state index is 0.0345. The lowest BCUT2D eigenvalue weighted by atomic mass is 10.2. The maximum absolute atomic E-state index is 11.5. The van der Waals surface area contributed by atoms with Crippen molar-refractivity contribution < 1.29 is 9.59 Å². The number of rotatable bonds is 6. The summed E-state index contributed by atoms with van der Waals surface area (Å²) < 4.78 is 0. The molecular formula is C11H16N2O2S. The number of carbonyl (C=O) groups is 2. The molecule has 4 nitrogen and oxygen atoms in total. The van der Waals surface area contributed by atoms with Crippen LogP contribution in [0, 0.1) is 0 Å². The number of hydrogen-bond acceptors (Lipinski definition) is 3. The van der Waals surface area contributed by atoms with Gasteiger partial charge in [0, 0.05) is 30.5 Å². The predicted molar refractivity (Wildman–Crippen MR) is 64.6 cm³/mol. The van der Waals surface area contributed by atoms with Crippen molar-refractivity contribution in [2.24, 2.45) is 0 Å². The normalized spacial score (nSPS) is 9.81. The molecule has 1 rings (SSSR count). The third-order valence-electron chi connectivity index (χ3n) is 2.02. The fourth-order valence-electron chi connectivity index (χ4n) is 1.23. The van der Waals surface area contributed by atoms with E-state index < -0.39 is 0 Å². The lowest BCUT2D eigenvalue weighted by molar-refractivity contribution is -0.121. The van der Waals surface area contributed by atoms with Crippen molar-refractivity contribution in [3.8, 4) is 0 Å². The van der Waals surface area contributed by atoms with Crippen molar-refractivity contribution in [1.82, 2.24) is 10.6 Å². The maximum atomic E-state index is 11.5. The first-order chi connectivity index (χ1) is 7.74. The second kappa shape index (κ2) is 7.00. The fraction of sp³-hybridized carbons (Fsp3) is 0.455. The molecule has 2 amide bonds. The Labute approximate surface area is 99.0 Å². The Balaban J connectivity index is 2.12. The quantitative estimate of drug-likeness (QED) is 0.738. The van der Waals surface area contributed by atoms with E-state index in [2.05, 4.69) is 10.6 Å². The Morgan fingerprint density at radius 2 is 2.19 bits per heavy atom. The molecule has 0 unspecified atom stereocenters. The highest BCUT2D eigenvalue weighted by Gasteiger charge is 2.05. The van der Waals surface area contributed by atoms with Gasteiger partial charge in [-0.25, -0.2) is 0 Å². The van der Waals surface area contributed by atoms with Gasteiger partial charge < -0.3 is 10.6 Å². The van der Waals surface area contributed by atoms with Crippen molar-refractivity contribution in [2.75, 3.05) is 13.1 Å². The second-order valence-corrected chi connectivity index (χ2v) is 4.11. The number of amides is 2. The predicted octanol–water partition coefficient (Wildman–Crippen LogP) is 1.39. The molecule has 0 bridgehead atoms. The van der Waals surface area contributed by atoms with Crippen LogP contribution in [0.15, 0.2) is 16.8 Å². The topological polar surface area (TPSA) is 58.2 Å². The SMILES string of the molecule is CCNC(=O)CCCNC(=O)c1ccsc1. The van der Waals surface area contributed by atoms with Gasteiger partial charge in [-0.3, -0.25) is 9.59 Å². The second-order valence-electron chi connectivity index (χ2n) is 3.32. The smallest absolute Gasteiger partial charge is 0.252 e. The van der Waals surface area contributed by atoms with Crippen molar-refractivity contribution >= 4 is 23.2 Å². The minimum Gasteiger partial charge on any atom is -0.356 e. The van der Waals surface area contributed by atoms with Crippen LogP contribution in [-0.4, -0.2) is 24.9 Å². The van der Waals surface area contributed by atoms with Gasteiger partial charge in [0.15, 0.2) is 0 Å². The first-order valence-corrected chi connectivity index (χ1v) is 6.25. The Morgan fingerprint density at radius 3 is 2.81 bits per heavy atom. The van der Waals surface area contributed by atoms with Crippen LogP contribution < -0.4 is 10.6 Å². The summed E-state index contributed by atoms with van der Waals surface area (Å²) in [4.78, 5) is 22.6. The summed E-state index contributed by atoms with van der Waals surface area (Å²) in [5.41, 5.74) is 0.683. The van der Waals surface area contributed by atoms with Gasteiger partial charge in [0.25, 0.3) is 5.91 Å². The van der Waals surface area contributed by atoms with Gasteiger partial charge in [0.05, 0.1) is 0 Å². The monoisotopic (exact) mass is 240 g/mol. The molecule has 5 heteroatoms. The highest BCUT2D eigenvalue weighted by molar-refractivity contribution is 7.08. The largest absolute Gasteiger partial charge is 0.356 e. The zero-order valence-corrected chi connectivity index (χ0v) is 10.1. The van der Waals surface area contributed by atoms with Crippen molar-refractivity contribution in [3.63, 3.8) is 0 Å². The van der Waals surface area contributed by atoms with Gasteiger partial charge in [0.2, 0.25) is 5.91 Å².